The van der Waals surface area contributed by atoms with Crippen LogP contribution in [-0.4, -0.2) is 32.4 Å². The van der Waals surface area contributed by atoms with Crippen molar-refractivity contribution in [3.63, 3.8) is 0 Å². The fourth-order valence-electron chi connectivity index (χ4n) is 0.999. The molecule has 116 valence electrons. The summed E-state index contributed by atoms with van der Waals surface area (Å²) in [6.07, 6.45) is 1.12. The smallest absolute Gasteiger partial charge is 0.328 e. The van der Waals surface area contributed by atoms with E-state index in [4.69, 9.17) is 20.4 Å². The van der Waals surface area contributed by atoms with E-state index >= 15 is 0 Å². The normalized spacial score (nSPS) is 8.91. The number of para-hydroxylation sites is 2. The summed E-state index contributed by atoms with van der Waals surface area (Å²) in [7, 11) is 0. The number of aromatic hydroxyl groups is 2. The van der Waals surface area contributed by atoms with Gasteiger partial charge in [0, 0.05) is 12.2 Å². The maximum Gasteiger partial charge on any atom is 0.328 e. The molecule has 2 aromatic rings. The van der Waals surface area contributed by atoms with Crippen LogP contribution in [0.3, 0.4) is 0 Å². The number of benzene rings is 2. The van der Waals surface area contributed by atoms with Crippen LogP contribution >= 0.6 is 0 Å². The van der Waals surface area contributed by atoms with Crippen molar-refractivity contribution >= 4 is 11.9 Å². The van der Waals surface area contributed by atoms with Gasteiger partial charge in [0.1, 0.15) is 11.5 Å². The van der Waals surface area contributed by atoms with Crippen molar-refractivity contribution < 1.29 is 30.0 Å². The number of hydrogen-bond acceptors (Lipinski definition) is 4. The van der Waals surface area contributed by atoms with Gasteiger partial charge in [-0.3, -0.25) is 0 Å². The van der Waals surface area contributed by atoms with Crippen LogP contribution in [0.4, 0.5) is 0 Å². The first-order valence-corrected chi connectivity index (χ1v) is 6.03. The highest BCUT2D eigenvalue weighted by atomic mass is 16.4. The lowest BCUT2D eigenvalue weighted by Gasteiger charge is -1.82. The zero-order chi connectivity index (χ0) is 16.8. The summed E-state index contributed by atoms with van der Waals surface area (Å²) in [6.45, 7) is 0. The molecule has 2 aromatic carbocycles. The van der Waals surface area contributed by atoms with Crippen LogP contribution in [0.5, 0.6) is 11.5 Å². The van der Waals surface area contributed by atoms with Gasteiger partial charge < -0.3 is 20.4 Å². The number of phenols is 2. The van der Waals surface area contributed by atoms with Gasteiger partial charge in [0.2, 0.25) is 0 Å². The molecule has 6 heteroatoms. The fraction of sp³-hybridized carbons (Fsp3) is 0. The van der Waals surface area contributed by atoms with Crippen molar-refractivity contribution in [1.82, 2.24) is 0 Å². The first kappa shape index (κ1) is 18.7. The maximum atomic E-state index is 9.55. The second kappa shape index (κ2) is 11.5. The van der Waals surface area contributed by atoms with Gasteiger partial charge in [-0.15, -0.1) is 0 Å². The van der Waals surface area contributed by atoms with E-state index in [0.717, 1.165) is 0 Å². The Balaban J connectivity index is 0.000000301. The van der Waals surface area contributed by atoms with Gasteiger partial charge in [-0.05, 0) is 24.3 Å². The Morgan fingerprint density at radius 1 is 0.636 bits per heavy atom. The molecule has 0 aliphatic rings. The van der Waals surface area contributed by atoms with E-state index in [1.807, 2.05) is 12.1 Å². The number of carbonyl (C=O) groups is 2. The summed E-state index contributed by atoms with van der Waals surface area (Å²) in [5.74, 6) is -1.87. The van der Waals surface area contributed by atoms with Gasteiger partial charge in [-0.1, -0.05) is 36.4 Å². The summed E-state index contributed by atoms with van der Waals surface area (Å²) in [6, 6.07) is 17.4. The number of aliphatic carboxylic acids is 2. The van der Waals surface area contributed by atoms with E-state index in [1.54, 1.807) is 48.5 Å². The largest absolute Gasteiger partial charge is 0.508 e. The number of hydrogen-bond donors (Lipinski definition) is 4. The van der Waals surface area contributed by atoms with E-state index in [1.165, 1.54) is 0 Å². The third-order valence-electron chi connectivity index (χ3n) is 1.88. The SMILES string of the molecule is O=C(O)C=CC(=O)O.Oc1ccccc1.Oc1ccccc1. The molecule has 0 fully saturated rings. The Morgan fingerprint density at radius 3 is 1.05 bits per heavy atom. The average Bonchev–Trinajstić information content (AvgIpc) is 2.48. The van der Waals surface area contributed by atoms with E-state index in [9.17, 15) is 9.59 Å². The molecule has 0 aliphatic carbocycles. The van der Waals surface area contributed by atoms with E-state index in [0.29, 0.717) is 23.7 Å². The Morgan fingerprint density at radius 2 is 0.909 bits per heavy atom. The summed E-state index contributed by atoms with van der Waals surface area (Å²) < 4.78 is 0. The van der Waals surface area contributed by atoms with Crippen molar-refractivity contribution in [2.45, 2.75) is 0 Å². The Kier molecular flexibility index (Phi) is 9.82. The molecule has 0 bridgehead atoms. The minimum Gasteiger partial charge on any atom is -0.508 e. The highest BCUT2D eigenvalue weighted by Crippen LogP contribution is 2.03. The molecular formula is C16H16O6. The zero-order valence-corrected chi connectivity index (χ0v) is 11.5. The zero-order valence-electron chi connectivity index (χ0n) is 11.5. The first-order valence-electron chi connectivity index (χ1n) is 6.03. The van der Waals surface area contributed by atoms with Gasteiger partial charge in [0.25, 0.3) is 0 Å². The van der Waals surface area contributed by atoms with Crippen molar-refractivity contribution in [3.05, 3.63) is 72.8 Å². The second-order valence-corrected chi connectivity index (χ2v) is 3.68. The molecule has 0 radical (unpaired) electrons. The van der Waals surface area contributed by atoms with Crippen LogP contribution in [0.1, 0.15) is 0 Å². The Bertz CT molecular complexity index is 525. The molecule has 0 atom stereocenters. The summed E-state index contributed by atoms with van der Waals surface area (Å²) in [5.41, 5.74) is 0. The molecule has 22 heavy (non-hydrogen) atoms. The van der Waals surface area contributed by atoms with E-state index < -0.39 is 11.9 Å². The maximum absolute atomic E-state index is 9.55. The minimum absolute atomic E-state index is 0.322. The van der Waals surface area contributed by atoms with Crippen LogP contribution in [0, 0.1) is 0 Å². The van der Waals surface area contributed by atoms with Crippen molar-refractivity contribution in [2.24, 2.45) is 0 Å². The number of phenolic OH excluding ortho intramolecular Hbond substituents is 2. The molecule has 0 saturated heterocycles. The Hall–Kier alpha value is -3.28. The van der Waals surface area contributed by atoms with Crippen LogP contribution < -0.4 is 0 Å². The van der Waals surface area contributed by atoms with Gasteiger partial charge in [0.05, 0.1) is 0 Å². The monoisotopic (exact) mass is 304 g/mol. The van der Waals surface area contributed by atoms with Gasteiger partial charge >= 0.3 is 11.9 Å². The van der Waals surface area contributed by atoms with Gasteiger partial charge in [-0.25, -0.2) is 9.59 Å². The van der Waals surface area contributed by atoms with Gasteiger partial charge in [-0.2, -0.15) is 0 Å². The van der Waals surface area contributed by atoms with Crippen LogP contribution in [0.25, 0.3) is 0 Å². The van der Waals surface area contributed by atoms with Crippen LogP contribution in [0.15, 0.2) is 72.8 Å². The predicted octanol–water partition coefficient (Wildman–Crippen LogP) is 2.50. The number of rotatable bonds is 2. The molecule has 2 rings (SSSR count). The quantitative estimate of drug-likeness (QED) is 0.634. The molecular weight excluding hydrogens is 288 g/mol. The predicted molar refractivity (Wildman–Crippen MR) is 80.6 cm³/mol. The number of carboxylic acids is 2. The second-order valence-electron chi connectivity index (χ2n) is 3.68. The van der Waals surface area contributed by atoms with Crippen LogP contribution in [0.2, 0.25) is 0 Å². The topological polar surface area (TPSA) is 115 Å². The molecule has 0 saturated carbocycles. The van der Waals surface area contributed by atoms with E-state index in [-0.39, 0.29) is 0 Å². The molecule has 4 N–H and O–H groups in total. The van der Waals surface area contributed by atoms with Crippen molar-refractivity contribution in [1.29, 1.82) is 0 Å². The highest BCUT2D eigenvalue weighted by Gasteiger charge is 1.88. The lowest BCUT2D eigenvalue weighted by molar-refractivity contribution is -0.134. The lowest BCUT2D eigenvalue weighted by Crippen LogP contribution is -1.91. The van der Waals surface area contributed by atoms with Crippen molar-refractivity contribution in [2.75, 3.05) is 0 Å². The molecule has 0 aromatic heterocycles. The van der Waals surface area contributed by atoms with Gasteiger partial charge in [0.15, 0.2) is 0 Å². The third kappa shape index (κ3) is 13.2. The summed E-state index contributed by atoms with van der Waals surface area (Å²) in [5, 5.41) is 32.9. The standard InChI is InChI=1S/2C6H6O.C4H4O4/c2*7-6-4-2-1-3-5-6;5-3(6)1-2-4(7)8/h2*1-5,7H;1-2H,(H,5,6)(H,7,8). The molecule has 0 heterocycles. The lowest BCUT2D eigenvalue weighted by atomic mass is 10.3. The molecule has 0 amide bonds. The average molecular weight is 304 g/mol. The van der Waals surface area contributed by atoms with Crippen molar-refractivity contribution in [3.8, 4) is 11.5 Å². The molecule has 0 aliphatic heterocycles. The fourth-order valence-corrected chi connectivity index (χ4v) is 0.999. The van der Waals surface area contributed by atoms with E-state index in [2.05, 4.69) is 0 Å². The summed E-state index contributed by atoms with van der Waals surface area (Å²) in [4.78, 5) is 19.1. The third-order valence-corrected chi connectivity index (χ3v) is 1.88. The Labute approximate surface area is 127 Å². The molecule has 0 spiro atoms. The molecule has 0 unspecified atom stereocenters. The molecule has 6 nitrogen and oxygen atoms in total. The minimum atomic E-state index is -1.26. The first-order chi connectivity index (χ1) is 10.4. The summed E-state index contributed by atoms with van der Waals surface area (Å²) >= 11 is 0. The highest BCUT2D eigenvalue weighted by molar-refractivity contribution is 5.89. The van der Waals surface area contributed by atoms with Crippen LogP contribution in [-0.2, 0) is 9.59 Å². The number of carboxylic acid groups (broad SMARTS) is 2.